The van der Waals surface area contributed by atoms with Gasteiger partial charge in [0.05, 0.1) is 0 Å². The molecule has 2 unspecified atom stereocenters. The van der Waals surface area contributed by atoms with Crippen molar-refractivity contribution in [3.8, 4) is 0 Å². The van der Waals surface area contributed by atoms with Crippen molar-refractivity contribution in [3.05, 3.63) is 23.4 Å². The molecule has 0 saturated carbocycles. The van der Waals surface area contributed by atoms with E-state index in [4.69, 9.17) is 4.98 Å². The monoisotopic (exact) mass is 289 g/mol. The highest BCUT2D eigenvalue weighted by molar-refractivity contribution is 5.43. The van der Waals surface area contributed by atoms with Gasteiger partial charge in [-0.3, -0.25) is 0 Å². The minimum Gasteiger partial charge on any atom is -0.356 e. The van der Waals surface area contributed by atoms with Crippen molar-refractivity contribution in [3.63, 3.8) is 0 Å². The fourth-order valence-corrected chi connectivity index (χ4v) is 3.40. The van der Waals surface area contributed by atoms with Crippen molar-refractivity contribution >= 4 is 5.82 Å². The van der Waals surface area contributed by atoms with Crippen LogP contribution in [0.4, 0.5) is 5.82 Å². The molecule has 0 aliphatic carbocycles. The largest absolute Gasteiger partial charge is 0.356 e. The van der Waals surface area contributed by atoms with Gasteiger partial charge in [0.25, 0.3) is 0 Å². The predicted octanol–water partition coefficient (Wildman–Crippen LogP) is 3.63. The summed E-state index contributed by atoms with van der Waals surface area (Å²) >= 11 is 0. The summed E-state index contributed by atoms with van der Waals surface area (Å²) in [4.78, 5) is 7.42. The molecule has 1 aromatic heterocycles. The second-order valence-corrected chi connectivity index (χ2v) is 6.71. The van der Waals surface area contributed by atoms with Crippen LogP contribution in [0.2, 0.25) is 0 Å². The van der Waals surface area contributed by atoms with Crippen LogP contribution in [0, 0.1) is 11.8 Å². The molecule has 2 atom stereocenters. The number of hydrogen-bond acceptors (Lipinski definition) is 3. The minimum atomic E-state index is 0.766. The third-order valence-electron chi connectivity index (χ3n) is 4.20. The lowest BCUT2D eigenvalue weighted by atomic mass is 9.92. The average Bonchev–Trinajstić information content (AvgIpc) is 2.44. The molecule has 1 fully saturated rings. The molecule has 0 aromatic carbocycles. The highest BCUT2D eigenvalue weighted by atomic mass is 15.2. The lowest BCUT2D eigenvalue weighted by Crippen LogP contribution is -2.39. The van der Waals surface area contributed by atoms with Gasteiger partial charge in [0.1, 0.15) is 5.82 Å². The Morgan fingerprint density at radius 1 is 1.19 bits per heavy atom. The van der Waals surface area contributed by atoms with Crippen LogP contribution >= 0.6 is 0 Å². The van der Waals surface area contributed by atoms with Crippen LogP contribution in [-0.2, 0) is 13.0 Å². The minimum absolute atomic E-state index is 0.766. The molecule has 1 aliphatic heterocycles. The van der Waals surface area contributed by atoms with E-state index in [1.165, 1.54) is 23.5 Å². The maximum atomic E-state index is 4.92. The Morgan fingerprint density at radius 3 is 2.52 bits per heavy atom. The third-order valence-corrected chi connectivity index (χ3v) is 4.20. The molecule has 3 nitrogen and oxygen atoms in total. The SMILES string of the molecule is CCCc1cc(CNCC)cc(N2CC(C)CC(C)C2)n1. The maximum absolute atomic E-state index is 4.92. The molecule has 0 radical (unpaired) electrons. The molecule has 0 bridgehead atoms. The molecule has 0 spiro atoms. The smallest absolute Gasteiger partial charge is 0.129 e. The lowest BCUT2D eigenvalue weighted by Gasteiger charge is -2.36. The van der Waals surface area contributed by atoms with Crippen LogP contribution in [0.3, 0.4) is 0 Å². The molecule has 1 aromatic rings. The summed E-state index contributed by atoms with van der Waals surface area (Å²) in [6, 6.07) is 4.55. The van der Waals surface area contributed by atoms with Gasteiger partial charge in [0, 0.05) is 25.3 Å². The van der Waals surface area contributed by atoms with E-state index >= 15 is 0 Å². The van der Waals surface area contributed by atoms with E-state index < -0.39 is 0 Å². The first kappa shape index (κ1) is 16.3. The van der Waals surface area contributed by atoms with Crippen LogP contribution in [0.15, 0.2) is 12.1 Å². The molecule has 1 aliphatic rings. The second-order valence-electron chi connectivity index (χ2n) is 6.71. The van der Waals surface area contributed by atoms with Gasteiger partial charge in [0.15, 0.2) is 0 Å². The van der Waals surface area contributed by atoms with Crippen molar-refractivity contribution < 1.29 is 0 Å². The molecular weight excluding hydrogens is 258 g/mol. The zero-order valence-corrected chi connectivity index (χ0v) is 14.2. The summed E-state index contributed by atoms with van der Waals surface area (Å²) in [7, 11) is 0. The average molecular weight is 289 g/mol. The van der Waals surface area contributed by atoms with Crippen LogP contribution < -0.4 is 10.2 Å². The van der Waals surface area contributed by atoms with Crippen LogP contribution in [0.5, 0.6) is 0 Å². The summed E-state index contributed by atoms with van der Waals surface area (Å²) in [6.07, 6.45) is 3.57. The van der Waals surface area contributed by atoms with Gasteiger partial charge in [-0.1, -0.05) is 34.1 Å². The fraction of sp³-hybridized carbons (Fsp3) is 0.722. The van der Waals surface area contributed by atoms with Gasteiger partial charge >= 0.3 is 0 Å². The Hall–Kier alpha value is -1.09. The summed E-state index contributed by atoms with van der Waals surface area (Å²) in [5, 5.41) is 3.44. The number of aromatic nitrogens is 1. The van der Waals surface area contributed by atoms with Gasteiger partial charge in [-0.2, -0.15) is 0 Å². The normalized spacial score (nSPS) is 22.6. The van der Waals surface area contributed by atoms with Crippen LogP contribution in [0.1, 0.15) is 51.8 Å². The lowest BCUT2D eigenvalue weighted by molar-refractivity contribution is 0.355. The number of rotatable bonds is 6. The molecule has 2 heterocycles. The Labute approximate surface area is 130 Å². The van der Waals surface area contributed by atoms with Gasteiger partial charge in [-0.15, -0.1) is 0 Å². The molecule has 21 heavy (non-hydrogen) atoms. The fourth-order valence-electron chi connectivity index (χ4n) is 3.40. The Morgan fingerprint density at radius 2 is 1.90 bits per heavy atom. The molecule has 1 saturated heterocycles. The Kier molecular flexibility index (Phi) is 6.04. The zero-order valence-electron chi connectivity index (χ0n) is 14.2. The number of nitrogens with zero attached hydrogens (tertiary/aromatic N) is 2. The third kappa shape index (κ3) is 4.70. The van der Waals surface area contributed by atoms with Gasteiger partial charge in [-0.25, -0.2) is 4.98 Å². The van der Waals surface area contributed by atoms with Crippen molar-refractivity contribution in [1.29, 1.82) is 0 Å². The second kappa shape index (κ2) is 7.79. The summed E-state index contributed by atoms with van der Waals surface area (Å²) in [5.41, 5.74) is 2.62. The molecule has 2 rings (SSSR count). The van der Waals surface area contributed by atoms with E-state index in [1.807, 2.05) is 0 Å². The summed E-state index contributed by atoms with van der Waals surface area (Å²) in [6.45, 7) is 13.4. The number of aryl methyl sites for hydroxylation is 1. The van der Waals surface area contributed by atoms with Crippen LogP contribution in [-0.4, -0.2) is 24.6 Å². The number of pyridine rings is 1. The van der Waals surface area contributed by atoms with E-state index in [2.05, 4.69) is 50.0 Å². The standard InChI is InChI=1S/C18H31N3/c1-5-7-17-9-16(11-19-6-2)10-18(20-17)21-12-14(3)8-15(4)13-21/h9-10,14-15,19H,5-8,11-13H2,1-4H3. The Balaban J connectivity index is 2.21. The van der Waals surface area contributed by atoms with E-state index in [0.717, 1.165) is 50.9 Å². The molecule has 118 valence electrons. The highest BCUT2D eigenvalue weighted by Crippen LogP contribution is 2.26. The first-order chi connectivity index (χ1) is 10.1. The predicted molar refractivity (Wildman–Crippen MR) is 90.8 cm³/mol. The molecule has 3 heteroatoms. The van der Waals surface area contributed by atoms with Gasteiger partial charge in [0.2, 0.25) is 0 Å². The van der Waals surface area contributed by atoms with Crippen molar-refractivity contribution in [2.24, 2.45) is 11.8 Å². The van der Waals surface area contributed by atoms with Crippen molar-refractivity contribution in [2.75, 3.05) is 24.5 Å². The first-order valence-electron chi connectivity index (χ1n) is 8.57. The van der Waals surface area contributed by atoms with Crippen molar-refractivity contribution in [1.82, 2.24) is 10.3 Å². The number of anilines is 1. The Bertz CT molecular complexity index is 434. The number of nitrogens with one attached hydrogen (secondary N) is 1. The van der Waals surface area contributed by atoms with Crippen molar-refractivity contribution in [2.45, 2.75) is 53.5 Å². The van der Waals surface area contributed by atoms with E-state index in [9.17, 15) is 0 Å². The van der Waals surface area contributed by atoms with E-state index in [-0.39, 0.29) is 0 Å². The maximum Gasteiger partial charge on any atom is 0.129 e. The summed E-state index contributed by atoms with van der Waals surface area (Å²) < 4.78 is 0. The molecule has 1 N–H and O–H groups in total. The number of piperidine rings is 1. The first-order valence-corrected chi connectivity index (χ1v) is 8.57. The van der Waals surface area contributed by atoms with Crippen LogP contribution in [0.25, 0.3) is 0 Å². The molecule has 0 amide bonds. The zero-order chi connectivity index (χ0) is 15.2. The van der Waals surface area contributed by atoms with E-state index in [1.54, 1.807) is 0 Å². The van der Waals surface area contributed by atoms with E-state index in [0.29, 0.717) is 0 Å². The number of hydrogen-bond donors (Lipinski definition) is 1. The summed E-state index contributed by atoms with van der Waals surface area (Å²) in [5.74, 6) is 2.72. The van der Waals surface area contributed by atoms with Gasteiger partial charge < -0.3 is 10.2 Å². The molecular formula is C18H31N3. The quantitative estimate of drug-likeness (QED) is 0.867. The van der Waals surface area contributed by atoms with Gasteiger partial charge in [-0.05, 0) is 48.9 Å². The topological polar surface area (TPSA) is 28.2 Å². The highest BCUT2D eigenvalue weighted by Gasteiger charge is 2.23.